The molecule has 0 radical (unpaired) electrons. The lowest BCUT2D eigenvalue weighted by molar-refractivity contribution is 0.191. The van der Waals surface area contributed by atoms with Gasteiger partial charge in [-0.3, -0.25) is 4.99 Å². The van der Waals surface area contributed by atoms with Crippen molar-refractivity contribution in [3.05, 3.63) is 84.2 Å². The lowest BCUT2D eigenvalue weighted by atomic mass is 10.2. The molecule has 0 amide bonds. The minimum Gasteiger partial charge on any atom is -0.486 e. The summed E-state index contributed by atoms with van der Waals surface area (Å²) in [7, 11) is 1.71. The fraction of sp³-hybridized carbons (Fsp3) is 0.304. The van der Waals surface area contributed by atoms with Gasteiger partial charge >= 0.3 is 0 Å². The molecule has 1 atom stereocenters. The number of nitrogens with zero attached hydrogens (tertiary/aromatic N) is 3. The zero-order chi connectivity index (χ0) is 21.2. The Morgan fingerprint density at radius 2 is 1.90 bits per heavy atom. The highest BCUT2D eigenvalue weighted by Gasteiger charge is 2.12. The Bertz CT molecular complexity index is 942. The zero-order valence-electron chi connectivity index (χ0n) is 17.4. The Labute approximate surface area is 176 Å². The van der Waals surface area contributed by atoms with Crippen LogP contribution in [0.5, 0.6) is 5.75 Å². The number of halogens is 1. The molecule has 0 saturated heterocycles. The maximum Gasteiger partial charge on any atom is 0.191 e. The first-order chi connectivity index (χ1) is 14.7. The summed E-state index contributed by atoms with van der Waals surface area (Å²) in [4.78, 5) is 8.71. The van der Waals surface area contributed by atoms with Gasteiger partial charge in [0.05, 0.1) is 13.1 Å². The van der Waals surface area contributed by atoms with E-state index in [0.29, 0.717) is 19.0 Å². The highest BCUT2D eigenvalue weighted by Crippen LogP contribution is 2.17. The second-order valence-electron chi connectivity index (χ2n) is 6.84. The molecule has 0 bridgehead atoms. The van der Waals surface area contributed by atoms with Crippen LogP contribution in [0.3, 0.4) is 0 Å². The molecular weight excluding hydrogens is 381 g/mol. The van der Waals surface area contributed by atoms with Gasteiger partial charge < -0.3 is 19.9 Å². The third kappa shape index (κ3) is 6.07. The van der Waals surface area contributed by atoms with Crippen LogP contribution in [0.15, 0.2) is 72.0 Å². The fourth-order valence-corrected chi connectivity index (χ4v) is 3.01. The van der Waals surface area contributed by atoms with Crippen molar-refractivity contribution in [2.45, 2.75) is 32.5 Å². The first-order valence-electron chi connectivity index (χ1n) is 10.1. The summed E-state index contributed by atoms with van der Waals surface area (Å²) in [6.07, 6.45) is 4.32. The quantitative estimate of drug-likeness (QED) is 0.419. The molecule has 7 heteroatoms. The molecule has 2 aromatic carbocycles. The molecule has 0 saturated carbocycles. The van der Waals surface area contributed by atoms with Crippen LogP contribution in [-0.2, 0) is 13.1 Å². The molecule has 6 nitrogen and oxygen atoms in total. The van der Waals surface area contributed by atoms with Gasteiger partial charge in [0.1, 0.15) is 11.9 Å². The molecule has 0 fully saturated rings. The van der Waals surface area contributed by atoms with Gasteiger partial charge in [0, 0.05) is 26.0 Å². The van der Waals surface area contributed by atoms with E-state index in [1.165, 1.54) is 11.6 Å². The number of aliphatic imine (C=N–C) groups is 1. The van der Waals surface area contributed by atoms with Crippen LogP contribution in [0.25, 0.3) is 0 Å². The van der Waals surface area contributed by atoms with Gasteiger partial charge in [-0.15, -0.1) is 0 Å². The third-order valence-corrected chi connectivity index (χ3v) is 4.72. The summed E-state index contributed by atoms with van der Waals surface area (Å²) >= 11 is 0. The van der Waals surface area contributed by atoms with Crippen molar-refractivity contribution in [2.75, 3.05) is 13.6 Å². The number of guanidine groups is 1. The lowest BCUT2D eigenvalue weighted by Crippen LogP contribution is -2.42. The molecule has 1 heterocycles. The predicted molar refractivity (Wildman–Crippen MR) is 117 cm³/mol. The molecule has 3 rings (SSSR count). The van der Waals surface area contributed by atoms with E-state index < -0.39 is 0 Å². The van der Waals surface area contributed by atoms with E-state index in [-0.39, 0.29) is 17.7 Å². The smallest absolute Gasteiger partial charge is 0.191 e. The Kier molecular flexibility index (Phi) is 7.83. The monoisotopic (exact) mass is 409 g/mol. The molecule has 0 aliphatic rings. The maximum atomic E-state index is 13.8. The lowest BCUT2D eigenvalue weighted by Gasteiger charge is -2.20. The average Bonchev–Trinajstić information content (AvgIpc) is 3.21. The molecule has 2 N–H and O–H groups in total. The summed E-state index contributed by atoms with van der Waals surface area (Å²) in [6.45, 7) is 3.80. The van der Waals surface area contributed by atoms with Crippen LogP contribution in [0.2, 0.25) is 0 Å². The van der Waals surface area contributed by atoms with Crippen molar-refractivity contribution in [3.8, 4) is 5.75 Å². The number of benzene rings is 2. The zero-order valence-corrected chi connectivity index (χ0v) is 17.4. The van der Waals surface area contributed by atoms with Crippen LogP contribution in [0.4, 0.5) is 4.39 Å². The van der Waals surface area contributed by atoms with E-state index in [4.69, 9.17) is 4.74 Å². The second kappa shape index (κ2) is 11.0. The molecule has 30 heavy (non-hydrogen) atoms. The van der Waals surface area contributed by atoms with Gasteiger partial charge in [-0.25, -0.2) is 9.37 Å². The summed E-state index contributed by atoms with van der Waals surface area (Å²) in [5.74, 6) is 1.46. The first kappa shape index (κ1) is 21.4. The molecule has 1 aromatic heterocycles. The van der Waals surface area contributed by atoms with Gasteiger partial charge in [0.15, 0.2) is 17.5 Å². The van der Waals surface area contributed by atoms with Gasteiger partial charge in [-0.05, 0) is 24.1 Å². The van der Waals surface area contributed by atoms with Crippen LogP contribution >= 0.6 is 0 Å². The Morgan fingerprint density at radius 3 is 2.63 bits per heavy atom. The molecule has 3 aromatic rings. The maximum absolute atomic E-state index is 13.8. The van der Waals surface area contributed by atoms with E-state index in [0.717, 1.165) is 18.8 Å². The minimum absolute atomic E-state index is 0.180. The number of para-hydroxylation sites is 1. The number of aromatic nitrogens is 2. The Balaban J connectivity index is 1.51. The number of imidazole rings is 1. The van der Waals surface area contributed by atoms with E-state index >= 15 is 0 Å². The van der Waals surface area contributed by atoms with Crippen LogP contribution < -0.4 is 15.4 Å². The van der Waals surface area contributed by atoms with Crippen molar-refractivity contribution in [3.63, 3.8) is 0 Å². The SMILES string of the molecule is CCC(CNC(=NC)NCc1nccn1Cc1ccccc1)Oc1ccccc1F. The Hall–Kier alpha value is -3.35. The Morgan fingerprint density at radius 1 is 1.13 bits per heavy atom. The summed E-state index contributed by atoms with van der Waals surface area (Å²) in [5.41, 5.74) is 1.22. The molecular formula is C23H28FN5O. The summed E-state index contributed by atoms with van der Waals surface area (Å²) in [5, 5.41) is 6.52. The van der Waals surface area contributed by atoms with E-state index in [9.17, 15) is 4.39 Å². The van der Waals surface area contributed by atoms with Gasteiger partial charge in [-0.1, -0.05) is 49.4 Å². The molecule has 1 unspecified atom stereocenters. The number of ether oxygens (including phenoxy) is 1. The fourth-order valence-electron chi connectivity index (χ4n) is 3.01. The normalized spacial score (nSPS) is 12.4. The summed E-state index contributed by atoms with van der Waals surface area (Å²) < 4.78 is 21.7. The van der Waals surface area contributed by atoms with Gasteiger partial charge in [0.2, 0.25) is 0 Å². The number of nitrogens with one attached hydrogen (secondary N) is 2. The minimum atomic E-state index is -0.358. The van der Waals surface area contributed by atoms with Gasteiger partial charge in [-0.2, -0.15) is 0 Å². The van der Waals surface area contributed by atoms with Crippen molar-refractivity contribution >= 4 is 5.96 Å². The molecule has 158 valence electrons. The van der Waals surface area contributed by atoms with Gasteiger partial charge in [0.25, 0.3) is 0 Å². The highest BCUT2D eigenvalue weighted by atomic mass is 19.1. The van der Waals surface area contributed by atoms with Crippen LogP contribution in [0.1, 0.15) is 24.7 Å². The van der Waals surface area contributed by atoms with Crippen LogP contribution in [0, 0.1) is 5.82 Å². The summed E-state index contributed by atoms with van der Waals surface area (Å²) in [6, 6.07) is 16.7. The standard InChI is InChI=1S/C23H28FN5O/c1-3-19(30-21-12-8-7-11-20(21)24)15-27-23(25-2)28-16-22-26-13-14-29(22)17-18-9-5-4-6-10-18/h4-14,19H,3,15-17H2,1-2H3,(H2,25,27,28). The number of rotatable bonds is 9. The van der Waals surface area contributed by atoms with Crippen molar-refractivity contribution < 1.29 is 9.13 Å². The van der Waals surface area contributed by atoms with Crippen LogP contribution in [-0.4, -0.2) is 35.2 Å². The molecule has 0 aliphatic carbocycles. The van der Waals surface area contributed by atoms with E-state index in [2.05, 4.69) is 37.3 Å². The highest BCUT2D eigenvalue weighted by molar-refractivity contribution is 5.79. The third-order valence-electron chi connectivity index (χ3n) is 4.72. The molecule has 0 spiro atoms. The largest absolute Gasteiger partial charge is 0.486 e. The number of hydrogen-bond donors (Lipinski definition) is 2. The van der Waals surface area contributed by atoms with E-state index in [1.54, 1.807) is 31.4 Å². The predicted octanol–water partition coefficient (Wildman–Crippen LogP) is 3.59. The van der Waals surface area contributed by atoms with E-state index in [1.807, 2.05) is 31.3 Å². The van der Waals surface area contributed by atoms with Crippen molar-refractivity contribution in [1.82, 2.24) is 20.2 Å². The second-order valence-corrected chi connectivity index (χ2v) is 6.84. The average molecular weight is 410 g/mol. The number of hydrogen-bond acceptors (Lipinski definition) is 3. The van der Waals surface area contributed by atoms with Crippen molar-refractivity contribution in [2.24, 2.45) is 4.99 Å². The first-order valence-corrected chi connectivity index (χ1v) is 10.1. The molecule has 0 aliphatic heterocycles. The topological polar surface area (TPSA) is 63.5 Å². The van der Waals surface area contributed by atoms with Crippen molar-refractivity contribution in [1.29, 1.82) is 0 Å².